The zero-order chi connectivity index (χ0) is 34.4. The summed E-state index contributed by atoms with van der Waals surface area (Å²) in [5.74, 6) is -1.00. The first-order valence-corrected chi connectivity index (χ1v) is 18.7. The molecule has 0 spiro atoms. The predicted molar refractivity (Wildman–Crippen MR) is 195 cm³/mol. The average Bonchev–Trinajstić information content (AvgIpc) is 3.60. The number of nitrogens with zero attached hydrogens (tertiary/aromatic N) is 1. The number of ketones is 1. The molecule has 0 bridgehead atoms. The van der Waals surface area contributed by atoms with E-state index in [1.807, 2.05) is 60.7 Å². The Bertz CT molecular complexity index is 1660. The van der Waals surface area contributed by atoms with E-state index < -0.39 is 29.1 Å². The van der Waals surface area contributed by atoms with Crippen LogP contribution in [0.4, 0.5) is 4.79 Å². The van der Waals surface area contributed by atoms with Crippen molar-refractivity contribution in [1.82, 2.24) is 20.9 Å². The number of halogens is 1. The molecule has 3 aliphatic rings. The third-order valence-corrected chi connectivity index (χ3v) is 11.4. The predicted octanol–water partition coefficient (Wildman–Crippen LogP) is 6.02. The Hall–Kier alpha value is -3.60. The van der Waals surface area contributed by atoms with Gasteiger partial charge in [0.15, 0.2) is 5.78 Å². The SMILES string of the molecule is NC1(C(=O)[C@H](NC(=O)N(CCc2ccccc2)C(=O)C2(NC(=O)c3ccc4cc(Br)ccc4c3)CCCC2)C2CCNCC2)CCCCC1. The summed E-state index contributed by atoms with van der Waals surface area (Å²) in [7, 11) is 0. The minimum Gasteiger partial charge on any atom is -0.338 e. The van der Waals surface area contributed by atoms with E-state index >= 15 is 0 Å². The molecule has 1 atom stereocenters. The van der Waals surface area contributed by atoms with E-state index in [0.717, 1.165) is 78.8 Å². The Balaban J connectivity index is 1.28. The molecule has 3 aromatic carbocycles. The highest BCUT2D eigenvalue weighted by atomic mass is 79.9. The number of Topliss-reactive ketones (excluding diaryl/α,β-unsaturated/α-hetero) is 1. The van der Waals surface area contributed by atoms with Crippen molar-refractivity contribution in [3.05, 3.63) is 82.3 Å². The van der Waals surface area contributed by atoms with Crippen LogP contribution in [0.3, 0.4) is 0 Å². The molecule has 0 radical (unpaired) electrons. The van der Waals surface area contributed by atoms with Gasteiger partial charge in [-0.15, -0.1) is 0 Å². The number of carbonyl (C=O) groups is 4. The van der Waals surface area contributed by atoms with Crippen LogP contribution in [0, 0.1) is 5.92 Å². The van der Waals surface area contributed by atoms with Crippen molar-refractivity contribution in [2.24, 2.45) is 11.7 Å². The highest BCUT2D eigenvalue weighted by molar-refractivity contribution is 9.10. The summed E-state index contributed by atoms with van der Waals surface area (Å²) in [6.07, 6.45) is 8.26. The van der Waals surface area contributed by atoms with E-state index in [-0.39, 0.29) is 24.2 Å². The number of benzene rings is 3. The summed E-state index contributed by atoms with van der Waals surface area (Å²) in [5.41, 5.74) is 5.98. The van der Waals surface area contributed by atoms with Crippen molar-refractivity contribution in [2.75, 3.05) is 19.6 Å². The third kappa shape index (κ3) is 8.08. The fraction of sp³-hybridized carbons (Fsp3) is 0.487. The molecule has 3 aromatic rings. The molecule has 6 rings (SSSR count). The molecule has 4 amide bonds. The molecule has 0 aromatic heterocycles. The molecule has 9 nitrogen and oxygen atoms in total. The molecule has 1 aliphatic heterocycles. The second-order valence-electron chi connectivity index (χ2n) is 14.2. The number of piperidine rings is 1. The van der Waals surface area contributed by atoms with Gasteiger partial charge in [0.25, 0.3) is 11.8 Å². The van der Waals surface area contributed by atoms with E-state index in [2.05, 4.69) is 31.9 Å². The van der Waals surface area contributed by atoms with Crippen molar-refractivity contribution in [3.63, 3.8) is 0 Å². The third-order valence-electron chi connectivity index (χ3n) is 10.9. The summed E-state index contributed by atoms with van der Waals surface area (Å²) >= 11 is 3.50. The Morgan fingerprint density at radius 3 is 2.22 bits per heavy atom. The number of urea groups is 1. The van der Waals surface area contributed by atoms with E-state index in [9.17, 15) is 19.2 Å². The molecule has 2 aliphatic carbocycles. The smallest absolute Gasteiger partial charge is 0.324 e. The molecule has 5 N–H and O–H groups in total. The second kappa shape index (κ2) is 15.5. The van der Waals surface area contributed by atoms with Crippen LogP contribution in [-0.4, -0.2) is 65.3 Å². The van der Waals surface area contributed by atoms with Crippen LogP contribution in [-0.2, 0) is 16.0 Å². The van der Waals surface area contributed by atoms with Gasteiger partial charge in [0, 0.05) is 16.6 Å². The molecular formula is C39H48BrN5O4. The maximum atomic E-state index is 14.8. The van der Waals surface area contributed by atoms with Gasteiger partial charge in [-0.05, 0) is 105 Å². The zero-order valence-corrected chi connectivity index (χ0v) is 29.7. The summed E-state index contributed by atoms with van der Waals surface area (Å²) in [5, 5.41) is 11.4. The van der Waals surface area contributed by atoms with Crippen LogP contribution in [0.5, 0.6) is 0 Å². The minimum atomic E-state index is -1.24. The van der Waals surface area contributed by atoms with Crippen molar-refractivity contribution in [1.29, 1.82) is 0 Å². The van der Waals surface area contributed by atoms with Gasteiger partial charge in [0.2, 0.25) is 0 Å². The zero-order valence-electron chi connectivity index (χ0n) is 28.1. The molecular weight excluding hydrogens is 682 g/mol. The van der Waals surface area contributed by atoms with Crippen LogP contribution in [0.15, 0.2) is 71.2 Å². The molecule has 10 heteroatoms. The lowest BCUT2D eigenvalue weighted by Crippen LogP contribution is -2.65. The first-order valence-electron chi connectivity index (χ1n) is 17.9. The number of nitrogens with one attached hydrogen (secondary N) is 3. The molecule has 1 heterocycles. The number of hydrogen-bond acceptors (Lipinski definition) is 6. The van der Waals surface area contributed by atoms with E-state index in [4.69, 9.17) is 5.73 Å². The van der Waals surface area contributed by atoms with Gasteiger partial charge in [-0.25, -0.2) is 4.79 Å². The number of rotatable bonds is 10. The maximum Gasteiger partial charge on any atom is 0.324 e. The number of hydrogen-bond donors (Lipinski definition) is 4. The first kappa shape index (κ1) is 35.2. The Labute approximate surface area is 297 Å². The summed E-state index contributed by atoms with van der Waals surface area (Å²) < 4.78 is 0.950. The van der Waals surface area contributed by atoms with Gasteiger partial charge >= 0.3 is 6.03 Å². The Kier molecular flexibility index (Phi) is 11.2. The highest BCUT2D eigenvalue weighted by Crippen LogP contribution is 2.34. The Morgan fingerprint density at radius 1 is 0.857 bits per heavy atom. The fourth-order valence-corrected chi connectivity index (χ4v) is 8.36. The van der Waals surface area contributed by atoms with Crippen molar-refractivity contribution in [3.8, 4) is 0 Å². The first-order chi connectivity index (χ1) is 23.7. The largest absolute Gasteiger partial charge is 0.338 e. The number of carbonyl (C=O) groups excluding carboxylic acids is 4. The fourth-order valence-electron chi connectivity index (χ4n) is 7.98. The minimum absolute atomic E-state index is 0.0835. The topological polar surface area (TPSA) is 134 Å². The maximum absolute atomic E-state index is 14.8. The van der Waals surface area contributed by atoms with Crippen LogP contribution >= 0.6 is 15.9 Å². The quantitative estimate of drug-likeness (QED) is 0.202. The lowest BCUT2D eigenvalue weighted by molar-refractivity contribution is -0.135. The molecule has 49 heavy (non-hydrogen) atoms. The normalized spacial score (nSPS) is 19.6. The van der Waals surface area contributed by atoms with E-state index in [1.54, 1.807) is 6.07 Å². The Morgan fingerprint density at radius 2 is 1.51 bits per heavy atom. The van der Waals surface area contributed by atoms with Gasteiger partial charge in [-0.2, -0.15) is 0 Å². The standard InChI is InChI=1S/C39H48BrN5O4/c40-32-14-13-29-25-31(12-11-30(29)26-32)35(47)44-39(20-7-8-21-39)36(48)45(24-17-27-9-3-1-4-10-27)37(49)43-33(28-15-22-42-23-16-28)34(46)38(41)18-5-2-6-19-38/h1,3-4,9-14,25-26,28,33,42H,2,5-8,15-24,41H2,(H,43,49)(H,44,47)/t33-/m1/s1. The van der Waals surface area contributed by atoms with Gasteiger partial charge < -0.3 is 21.7 Å². The van der Waals surface area contributed by atoms with E-state index in [1.165, 1.54) is 4.90 Å². The molecule has 0 unspecified atom stereocenters. The van der Waals surface area contributed by atoms with Crippen LogP contribution in [0.2, 0.25) is 0 Å². The van der Waals surface area contributed by atoms with E-state index in [0.29, 0.717) is 37.7 Å². The monoisotopic (exact) mass is 729 g/mol. The molecule has 3 fully saturated rings. The molecule has 260 valence electrons. The van der Waals surface area contributed by atoms with Crippen LogP contribution < -0.4 is 21.7 Å². The second-order valence-corrected chi connectivity index (χ2v) is 15.2. The number of amides is 4. The molecule has 2 saturated carbocycles. The summed E-state index contributed by atoms with van der Waals surface area (Å²) in [6.45, 7) is 1.61. The van der Waals surface area contributed by atoms with Crippen molar-refractivity contribution < 1.29 is 19.2 Å². The summed E-state index contributed by atoms with van der Waals surface area (Å²) in [6, 6.07) is 19.7. The lowest BCUT2D eigenvalue weighted by atomic mass is 9.73. The number of fused-ring (bicyclic) bond motifs is 1. The van der Waals surface area contributed by atoms with Gasteiger partial charge in [0.05, 0.1) is 11.6 Å². The van der Waals surface area contributed by atoms with Crippen molar-refractivity contribution >= 4 is 50.3 Å². The van der Waals surface area contributed by atoms with Crippen molar-refractivity contribution in [2.45, 2.75) is 94.2 Å². The van der Waals surface area contributed by atoms with Crippen LogP contribution in [0.25, 0.3) is 10.8 Å². The number of imide groups is 1. The summed E-state index contributed by atoms with van der Waals surface area (Å²) in [4.78, 5) is 58.5. The van der Waals surface area contributed by atoms with Crippen LogP contribution in [0.1, 0.15) is 86.6 Å². The average molecular weight is 731 g/mol. The lowest BCUT2D eigenvalue weighted by Gasteiger charge is -2.40. The van der Waals surface area contributed by atoms with Gasteiger partial charge in [-0.1, -0.05) is 90.5 Å². The number of nitrogens with two attached hydrogens (primary N) is 1. The van der Waals surface area contributed by atoms with Gasteiger partial charge in [-0.3, -0.25) is 19.3 Å². The molecule has 1 saturated heterocycles. The highest BCUT2D eigenvalue weighted by Gasteiger charge is 2.48. The van der Waals surface area contributed by atoms with Gasteiger partial charge in [0.1, 0.15) is 5.54 Å².